The van der Waals surface area contributed by atoms with Gasteiger partial charge in [-0.05, 0) is 35.4 Å². The molecular weight excluding hydrogens is 236 g/mol. The molecule has 2 atom stereocenters. The van der Waals surface area contributed by atoms with Crippen LogP contribution in [0.5, 0.6) is 5.75 Å². The van der Waals surface area contributed by atoms with Crippen molar-refractivity contribution in [3.05, 3.63) is 29.8 Å². The number of ether oxygens (including phenoxy) is 1. The third kappa shape index (κ3) is 4.54. The first-order chi connectivity index (χ1) is 8.90. The molecule has 1 aromatic carbocycles. The van der Waals surface area contributed by atoms with E-state index in [4.69, 9.17) is 4.74 Å². The van der Waals surface area contributed by atoms with E-state index >= 15 is 0 Å². The van der Waals surface area contributed by atoms with Gasteiger partial charge >= 0.3 is 0 Å². The van der Waals surface area contributed by atoms with E-state index in [2.05, 4.69) is 39.8 Å². The maximum atomic E-state index is 9.88. The van der Waals surface area contributed by atoms with Crippen LogP contribution in [0, 0.1) is 5.92 Å². The third-order valence-corrected chi connectivity index (χ3v) is 4.24. The van der Waals surface area contributed by atoms with Crippen LogP contribution in [0.1, 0.15) is 53.0 Å². The third-order valence-electron chi connectivity index (χ3n) is 4.24. The Morgan fingerprint density at radius 3 is 2.21 bits per heavy atom. The molecule has 0 aliphatic heterocycles. The normalized spacial score (nSPS) is 15.1. The molecule has 0 aliphatic rings. The van der Waals surface area contributed by atoms with Gasteiger partial charge in [0.1, 0.15) is 12.4 Å². The molecular formula is C17H28O2. The van der Waals surface area contributed by atoms with E-state index in [0.29, 0.717) is 6.61 Å². The summed E-state index contributed by atoms with van der Waals surface area (Å²) >= 11 is 0. The number of hydrogen-bond donors (Lipinski definition) is 1. The summed E-state index contributed by atoms with van der Waals surface area (Å²) in [6.45, 7) is 11.2. The molecule has 0 saturated heterocycles. The molecule has 1 N–H and O–H groups in total. The Kier molecular flexibility index (Phi) is 5.86. The van der Waals surface area contributed by atoms with Crippen molar-refractivity contribution in [2.75, 3.05) is 6.61 Å². The molecule has 0 fully saturated rings. The number of benzene rings is 1. The number of aliphatic hydroxyl groups is 1. The van der Waals surface area contributed by atoms with Crippen LogP contribution in [0.25, 0.3) is 0 Å². The molecule has 0 amide bonds. The van der Waals surface area contributed by atoms with E-state index in [-0.39, 0.29) is 11.3 Å². The second-order valence-corrected chi connectivity index (χ2v) is 6.03. The molecule has 2 unspecified atom stereocenters. The van der Waals surface area contributed by atoms with Gasteiger partial charge in [-0.25, -0.2) is 0 Å². The zero-order valence-electron chi connectivity index (χ0n) is 12.9. The van der Waals surface area contributed by atoms with Gasteiger partial charge in [0.2, 0.25) is 0 Å². The lowest BCUT2D eigenvalue weighted by molar-refractivity contribution is 0.0622. The lowest BCUT2D eigenvalue weighted by Crippen LogP contribution is -2.24. The van der Waals surface area contributed by atoms with Gasteiger partial charge in [0, 0.05) is 0 Å². The van der Waals surface area contributed by atoms with E-state index < -0.39 is 6.10 Å². The van der Waals surface area contributed by atoms with Gasteiger partial charge in [-0.15, -0.1) is 0 Å². The average Bonchev–Trinajstić information content (AvgIpc) is 2.44. The van der Waals surface area contributed by atoms with Crippen LogP contribution in [0.3, 0.4) is 0 Å². The van der Waals surface area contributed by atoms with Crippen molar-refractivity contribution in [3.63, 3.8) is 0 Å². The largest absolute Gasteiger partial charge is 0.491 e. The molecule has 108 valence electrons. The molecule has 1 aromatic rings. The molecule has 0 aromatic heterocycles. The maximum absolute atomic E-state index is 9.88. The number of rotatable bonds is 7. The summed E-state index contributed by atoms with van der Waals surface area (Å²) in [6, 6.07) is 8.23. The summed E-state index contributed by atoms with van der Waals surface area (Å²) in [5.74, 6) is 1.11. The van der Waals surface area contributed by atoms with Crippen LogP contribution in [-0.4, -0.2) is 17.8 Å². The van der Waals surface area contributed by atoms with Gasteiger partial charge in [-0.2, -0.15) is 0 Å². The summed E-state index contributed by atoms with van der Waals surface area (Å²) in [5.41, 5.74) is 1.53. The Morgan fingerprint density at radius 2 is 1.74 bits per heavy atom. The van der Waals surface area contributed by atoms with Crippen LogP contribution in [0.2, 0.25) is 0 Å². The standard InChI is InChI=1S/C17H28O2/c1-6-13(3)16(18)12-19-15-10-8-14(9-11-15)17(4,5)7-2/h8-11,13,16,18H,6-7,12H2,1-5H3. The van der Waals surface area contributed by atoms with Crippen LogP contribution in [0.15, 0.2) is 24.3 Å². The molecule has 0 saturated carbocycles. The summed E-state index contributed by atoms with van der Waals surface area (Å²) < 4.78 is 5.64. The second-order valence-electron chi connectivity index (χ2n) is 6.03. The molecule has 0 bridgehead atoms. The van der Waals surface area contributed by atoms with Crippen molar-refractivity contribution in [2.45, 2.75) is 59.0 Å². The first-order valence-electron chi connectivity index (χ1n) is 7.32. The van der Waals surface area contributed by atoms with Crippen LogP contribution < -0.4 is 4.74 Å². The predicted molar refractivity (Wildman–Crippen MR) is 80.7 cm³/mol. The van der Waals surface area contributed by atoms with Gasteiger partial charge in [-0.1, -0.05) is 53.2 Å². The quantitative estimate of drug-likeness (QED) is 0.801. The Morgan fingerprint density at radius 1 is 1.16 bits per heavy atom. The lowest BCUT2D eigenvalue weighted by atomic mass is 9.82. The van der Waals surface area contributed by atoms with Crippen molar-refractivity contribution in [3.8, 4) is 5.75 Å². The van der Waals surface area contributed by atoms with Gasteiger partial charge in [0.25, 0.3) is 0 Å². The molecule has 2 heteroatoms. The van der Waals surface area contributed by atoms with Gasteiger partial charge in [-0.3, -0.25) is 0 Å². The van der Waals surface area contributed by atoms with Crippen molar-refractivity contribution in [1.29, 1.82) is 0 Å². The summed E-state index contributed by atoms with van der Waals surface area (Å²) in [7, 11) is 0. The van der Waals surface area contributed by atoms with E-state index in [1.807, 2.05) is 19.1 Å². The minimum atomic E-state index is -0.392. The summed E-state index contributed by atoms with van der Waals surface area (Å²) in [5, 5.41) is 9.88. The molecule has 0 radical (unpaired) electrons. The highest BCUT2D eigenvalue weighted by Crippen LogP contribution is 2.28. The van der Waals surface area contributed by atoms with E-state index in [1.54, 1.807) is 0 Å². The Bertz CT molecular complexity index is 367. The number of aliphatic hydroxyl groups excluding tert-OH is 1. The zero-order chi connectivity index (χ0) is 14.5. The Hall–Kier alpha value is -1.02. The van der Waals surface area contributed by atoms with Crippen LogP contribution in [0.4, 0.5) is 0 Å². The minimum Gasteiger partial charge on any atom is -0.491 e. The maximum Gasteiger partial charge on any atom is 0.119 e. The molecule has 1 rings (SSSR count). The fraction of sp³-hybridized carbons (Fsp3) is 0.647. The molecule has 0 spiro atoms. The van der Waals surface area contributed by atoms with Crippen molar-refractivity contribution in [1.82, 2.24) is 0 Å². The van der Waals surface area contributed by atoms with Gasteiger partial charge in [0.05, 0.1) is 6.10 Å². The van der Waals surface area contributed by atoms with Gasteiger partial charge in [0.15, 0.2) is 0 Å². The topological polar surface area (TPSA) is 29.5 Å². The monoisotopic (exact) mass is 264 g/mol. The van der Waals surface area contributed by atoms with E-state index in [0.717, 1.165) is 18.6 Å². The molecule has 2 nitrogen and oxygen atoms in total. The predicted octanol–water partition coefficient (Wildman–Crippen LogP) is 4.16. The molecule has 19 heavy (non-hydrogen) atoms. The second kappa shape index (κ2) is 6.95. The SMILES string of the molecule is CCC(C)C(O)COc1ccc(C(C)(C)CC)cc1. The van der Waals surface area contributed by atoms with Crippen LogP contribution in [-0.2, 0) is 5.41 Å². The average molecular weight is 264 g/mol. The first-order valence-corrected chi connectivity index (χ1v) is 7.32. The fourth-order valence-electron chi connectivity index (χ4n) is 1.82. The summed E-state index contributed by atoms with van der Waals surface area (Å²) in [6.07, 6.45) is 1.69. The highest BCUT2D eigenvalue weighted by Gasteiger charge is 2.18. The van der Waals surface area contributed by atoms with Crippen molar-refractivity contribution in [2.24, 2.45) is 5.92 Å². The van der Waals surface area contributed by atoms with E-state index in [9.17, 15) is 5.11 Å². The smallest absolute Gasteiger partial charge is 0.119 e. The van der Waals surface area contributed by atoms with Crippen LogP contribution >= 0.6 is 0 Å². The Balaban J connectivity index is 2.58. The van der Waals surface area contributed by atoms with Crippen molar-refractivity contribution < 1.29 is 9.84 Å². The fourth-order valence-corrected chi connectivity index (χ4v) is 1.82. The van der Waals surface area contributed by atoms with Gasteiger partial charge < -0.3 is 9.84 Å². The van der Waals surface area contributed by atoms with E-state index in [1.165, 1.54) is 5.56 Å². The Labute approximate surface area is 117 Å². The highest BCUT2D eigenvalue weighted by molar-refractivity contribution is 5.31. The molecule has 0 aliphatic carbocycles. The minimum absolute atomic E-state index is 0.203. The zero-order valence-corrected chi connectivity index (χ0v) is 12.9. The highest BCUT2D eigenvalue weighted by atomic mass is 16.5. The lowest BCUT2D eigenvalue weighted by Gasteiger charge is -2.23. The molecule has 0 heterocycles. The number of hydrogen-bond acceptors (Lipinski definition) is 2. The van der Waals surface area contributed by atoms with Crippen molar-refractivity contribution >= 4 is 0 Å². The first kappa shape index (κ1) is 16.0. The summed E-state index contributed by atoms with van der Waals surface area (Å²) in [4.78, 5) is 0.